The summed E-state index contributed by atoms with van der Waals surface area (Å²) in [5, 5.41) is 10.6. The van der Waals surface area contributed by atoms with Gasteiger partial charge in [0.1, 0.15) is 11.8 Å². The van der Waals surface area contributed by atoms with Gasteiger partial charge in [0.2, 0.25) is 0 Å². The molecule has 4 rings (SSSR count). The molecular formula is C21H13F4IrN5O-2. The number of pyridine rings is 1. The van der Waals surface area contributed by atoms with Crippen molar-refractivity contribution in [3.63, 3.8) is 0 Å². The topological polar surface area (TPSA) is 66.9 Å². The van der Waals surface area contributed by atoms with Crippen LogP contribution in [0.3, 0.4) is 0 Å². The smallest absolute Gasteiger partial charge is 0.431 e. The van der Waals surface area contributed by atoms with Crippen molar-refractivity contribution in [3.05, 3.63) is 72.4 Å². The summed E-state index contributed by atoms with van der Waals surface area (Å²) in [6.07, 6.45) is 5.83. The molecule has 3 aromatic heterocycles. The van der Waals surface area contributed by atoms with Crippen molar-refractivity contribution < 1.29 is 42.4 Å². The molecule has 0 amide bonds. The van der Waals surface area contributed by atoms with Gasteiger partial charge >= 0.3 is 6.18 Å². The molecule has 0 atom stereocenters. The molecule has 1 radical (unpaired) electrons. The van der Waals surface area contributed by atoms with Crippen LogP contribution >= 0.6 is 0 Å². The van der Waals surface area contributed by atoms with Gasteiger partial charge in [-0.3, -0.25) is 14.1 Å². The van der Waals surface area contributed by atoms with Crippen molar-refractivity contribution in [3.8, 4) is 40.9 Å². The molecule has 0 saturated carbocycles. The summed E-state index contributed by atoms with van der Waals surface area (Å²) in [7, 11) is 1.79. The van der Waals surface area contributed by atoms with Crippen LogP contribution in [0.15, 0.2) is 54.9 Å². The molecule has 0 bridgehead atoms. The number of halogens is 4. The van der Waals surface area contributed by atoms with Crippen LogP contribution in [0, 0.1) is 24.4 Å². The zero-order chi connectivity index (χ0) is 22.4. The van der Waals surface area contributed by atoms with Crippen molar-refractivity contribution in [2.45, 2.75) is 6.18 Å². The number of alkyl halides is 3. The molecule has 0 unspecified atom stereocenters. The fraction of sp³-hybridized carbons (Fsp3) is 0.0952. The molecule has 1 aromatic carbocycles. The number of rotatable bonds is 3. The Bertz CT molecular complexity index is 1200. The van der Waals surface area contributed by atoms with Gasteiger partial charge in [0, 0.05) is 56.8 Å². The third-order valence-corrected chi connectivity index (χ3v) is 3.77. The minimum absolute atomic E-state index is 0. The van der Waals surface area contributed by atoms with Gasteiger partial charge in [-0.05, 0) is 18.2 Å². The van der Waals surface area contributed by atoms with Gasteiger partial charge in [0.25, 0.3) is 0 Å². The fourth-order valence-corrected chi connectivity index (χ4v) is 2.42. The van der Waals surface area contributed by atoms with E-state index in [9.17, 15) is 17.6 Å². The van der Waals surface area contributed by atoms with Crippen molar-refractivity contribution in [2.75, 3.05) is 0 Å². The first kappa shape index (κ1) is 24.8. The molecule has 167 valence electrons. The SMILES string of the molecule is C#COc1cc(F)c[c-]c1-c1ccn(C)n1.FC(F)(F)c1cc(-c2ccccn2)[n-]n1.[Ir]. The molecule has 11 heteroatoms. The number of aromatic nitrogens is 5. The van der Waals surface area contributed by atoms with Gasteiger partial charge in [-0.15, -0.1) is 12.1 Å². The third kappa shape index (κ3) is 6.26. The molecule has 0 aliphatic heterocycles. The molecule has 4 aromatic rings. The van der Waals surface area contributed by atoms with E-state index in [1.807, 2.05) is 6.11 Å². The van der Waals surface area contributed by atoms with Gasteiger partial charge in [-0.25, -0.2) is 5.10 Å². The Kier molecular flexibility index (Phi) is 8.29. The molecule has 0 aliphatic rings. The first-order chi connectivity index (χ1) is 14.8. The molecule has 32 heavy (non-hydrogen) atoms. The minimum Gasteiger partial charge on any atom is -0.573 e. The molecule has 3 heterocycles. The van der Waals surface area contributed by atoms with Crippen molar-refractivity contribution in [1.82, 2.24) is 25.0 Å². The quantitative estimate of drug-likeness (QED) is 0.196. The van der Waals surface area contributed by atoms with Crippen LogP contribution < -0.4 is 9.84 Å². The number of aryl methyl sites for hydroxylation is 1. The Hall–Kier alpha value is -3.48. The van der Waals surface area contributed by atoms with E-state index in [2.05, 4.69) is 26.3 Å². The van der Waals surface area contributed by atoms with Crippen molar-refractivity contribution in [1.29, 1.82) is 0 Å². The average molecular weight is 620 g/mol. The number of benzene rings is 1. The minimum atomic E-state index is -4.46. The van der Waals surface area contributed by atoms with E-state index < -0.39 is 17.7 Å². The maximum Gasteiger partial charge on any atom is 0.431 e. The Balaban J connectivity index is 0.000000220. The molecule has 0 spiro atoms. The summed E-state index contributed by atoms with van der Waals surface area (Å²) in [6.45, 7) is 0. The van der Waals surface area contributed by atoms with Gasteiger partial charge in [0.05, 0.1) is 5.75 Å². The largest absolute Gasteiger partial charge is 0.573 e. The summed E-state index contributed by atoms with van der Waals surface area (Å²) < 4.78 is 56.1. The van der Waals surface area contributed by atoms with Crippen LogP contribution in [0.2, 0.25) is 0 Å². The van der Waals surface area contributed by atoms with E-state index in [0.29, 0.717) is 17.0 Å². The van der Waals surface area contributed by atoms with Gasteiger partial charge in [-0.2, -0.15) is 13.2 Å². The zero-order valence-corrected chi connectivity index (χ0v) is 18.7. The predicted molar refractivity (Wildman–Crippen MR) is 103 cm³/mol. The van der Waals surface area contributed by atoms with Crippen molar-refractivity contribution >= 4 is 0 Å². The number of ether oxygens (including phenoxy) is 1. The van der Waals surface area contributed by atoms with E-state index in [4.69, 9.17) is 11.2 Å². The Labute approximate surface area is 194 Å². The van der Waals surface area contributed by atoms with Crippen molar-refractivity contribution in [2.24, 2.45) is 7.05 Å². The maximum atomic E-state index is 13.0. The molecule has 6 nitrogen and oxygen atoms in total. The van der Waals surface area contributed by atoms with Gasteiger partial charge in [0.15, 0.2) is 0 Å². The molecule has 0 N–H and O–H groups in total. The summed E-state index contributed by atoms with van der Waals surface area (Å²) in [5.41, 5.74) is 0.680. The van der Waals surface area contributed by atoms with E-state index in [0.717, 1.165) is 6.07 Å². The van der Waals surface area contributed by atoms with Gasteiger partial charge in [-0.1, -0.05) is 35.9 Å². The summed E-state index contributed by atoms with van der Waals surface area (Å²) in [4.78, 5) is 3.87. The maximum absolute atomic E-state index is 13.0. The second-order valence-electron chi connectivity index (χ2n) is 5.98. The van der Waals surface area contributed by atoms with E-state index in [1.54, 1.807) is 42.2 Å². The Morgan fingerprint density at radius 2 is 1.97 bits per heavy atom. The normalized spacial score (nSPS) is 10.4. The first-order valence-corrected chi connectivity index (χ1v) is 8.60. The van der Waals surface area contributed by atoms with Crippen LogP contribution in [-0.2, 0) is 33.3 Å². The summed E-state index contributed by atoms with van der Waals surface area (Å²) >= 11 is 0. The monoisotopic (exact) mass is 620 g/mol. The van der Waals surface area contributed by atoms with Crippen LogP contribution in [0.4, 0.5) is 17.6 Å². The molecule has 0 aliphatic carbocycles. The molecule has 0 fully saturated rings. The second-order valence-corrected chi connectivity index (χ2v) is 5.98. The number of nitrogens with zero attached hydrogens (tertiary/aromatic N) is 5. The second kappa shape index (κ2) is 10.7. The zero-order valence-electron chi connectivity index (χ0n) is 16.3. The standard InChI is InChI=1S/C12H8FN2O.C9H5F3N3.Ir/c1-3-16-12-8-9(13)4-5-10(12)11-6-7-15(2)14-11;10-9(11,12)8-5-7(14-15-8)6-3-1-2-4-13-6;/h1,4,6-8H,2H3;1-5H;/q2*-1;. The third-order valence-electron chi connectivity index (χ3n) is 3.77. The van der Waals surface area contributed by atoms with Crippen LogP contribution in [0.1, 0.15) is 5.69 Å². The number of terminal acetylenes is 1. The fourth-order valence-electron chi connectivity index (χ4n) is 2.42. The summed E-state index contributed by atoms with van der Waals surface area (Å²) in [5.74, 6) is -0.217. The molecule has 0 saturated heterocycles. The van der Waals surface area contributed by atoms with Gasteiger partial charge < -0.3 is 14.9 Å². The van der Waals surface area contributed by atoms with Crippen LogP contribution in [0.25, 0.3) is 22.6 Å². The van der Waals surface area contributed by atoms with Crippen LogP contribution in [0.5, 0.6) is 5.75 Å². The van der Waals surface area contributed by atoms with E-state index in [1.165, 1.54) is 18.3 Å². The number of hydrogen-bond donors (Lipinski definition) is 0. The predicted octanol–water partition coefficient (Wildman–Crippen LogP) is 4.11. The Morgan fingerprint density at radius 1 is 1.19 bits per heavy atom. The van der Waals surface area contributed by atoms with E-state index in [-0.39, 0.29) is 31.5 Å². The number of hydrogen-bond acceptors (Lipinski definition) is 4. The van der Waals surface area contributed by atoms with E-state index >= 15 is 0 Å². The average Bonchev–Trinajstić information content (AvgIpc) is 3.39. The molecular weight excluding hydrogens is 606 g/mol. The first-order valence-electron chi connectivity index (χ1n) is 8.60. The van der Waals surface area contributed by atoms with Crippen LogP contribution in [-0.4, -0.2) is 19.9 Å². The Morgan fingerprint density at radius 3 is 2.53 bits per heavy atom. The summed E-state index contributed by atoms with van der Waals surface area (Å²) in [6, 6.07) is 12.7.